The van der Waals surface area contributed by atoms with E-state index in [0.29, 0.717) is 0 Å². The van der Waals surface area contributed by atoms with E-state index in [1.54, 1.807) is 7.05 Å². The summed E-state index contributed by atoms with van der Waals surface area (Å²) in [5.41, 5.74) is -0.380. The van der Waals surface area contributed by atoms with Crippen molar-refractivity contribution in [1.29, 1.82) is 0 Å². The Hall–Kier alpha value is -1.98. The predicted molar refractivity (Wildman–Crippen MR) is 62.9 cm³/mol. The van der Waals surface area contributed by atoms with Crippen LogP contribution >= 0.6 is 0 Å². The fraction of sp³-hybridized carbons (Fsp3) is 0.417. The van der Waals surface area contributed by atoms with Gasteiger partial charge in [0.25, 0.3) is 11.6 Å². The summed E-state index contributed by atoms with van der Waals surface area (Å²) in [6.45, 7) is 1.41. The highest BCUT2D eigenvalue weighted by Crippen LogP contribution is 2.29. The third-order valence-corrected chi connectivity index (χ3v) is 3.10. The zero-order chi connectivity index (χ0) is 13.4. The van der Waals surface area contributed by atoms with Gasteiger partial charge < -0.3 is 4.90 Å². The van der Waals surface area contributed by atoms with Crippen LogP contribution in [0.15, 0.2) is 12.1 Å². The molecule has 6 heteroatoms. The molecule has 0 saturated heterocycles. The van der Waals surface area contributed by atoms with Crippen LogP contribution in [-0.2, 0) is 0 Å². The molecule has 1 fully saturated rings. The molecule has 1 aromatic carbocycles. The lowest BCUT2D eigenvalue weighted by Crippen LogP contribution is -2.29. The highest BCUT2D eigenvalue weighted by molar-refractivity contribution is 5.95. The smallest absolute Gasteiger partial charge is 0.270 e. The third-order valence-electron chi connectivity index (χ3n) is 3.10. The van der Waals surface area contributed by atoms with E-state index < -0.39 is 16.6 Å². The van der Waals surface area contributed by atoms with Crippen LogP contribution in [0.3, 0.4) is 0 Å². The number of benzene rings is 1. The van der Waals surface area contributed by atoms with Crippen LogP contribution in [0.2, 0.25) is 0 Å². The Morgan fingerprint density at radius 1 is 1.50 bits per heavy atom. The number of aryl methyl sites for hydroxylation is 1. The molecule has 1 aliphatic carbocycles. The summed E-state index contributed by atoms with van der Waals surface area (Å²) < 4.78 is 13.9. The molecule has 0 N–H and O–H groups in total. The second-order valence-electron chi connectivity index (χ2n) is 4.53. The molecule has 18 heavy (non-hydrogen) atoms. The number of nitrogens with zero attached hydrogens (tertiary/aromatic N) is 2. The zero-order valence-electron chi connectivity index (χ0n) is 10.1. The van der Waals surface area contributed by atoms with Crippen molar-refractivity contribution < 1.29 is 14.1 Å². The number of carbonyl (C=O) groups is 1. The molecule has 0 radical (unpaired) electrons. The molecule has 0 atom stereocenters. The van der Waals surface area contributed by atoms with Gasteiger partial charge in [-0.2, -0.15) is 0 Å². The molecule has 0 unspecified atom stereocenters. The molecule has 0 spiro atoms. The summed E-state index contributed by atoms with van der Waals surface area (Å²) in [6, 6.07) is 2.27. The van der Waals surface area contributed by atoms with Crippen molar-refractivity contribution in [2.75, 3.05) is 7.05 Å². The summed E-state index contributed by atoms with van der Waals surface area (Å²) >= 11 is 0. The maximum absolute atomic E-state index is 13.9. The lowest BCUT2D eigenvalue weighted by Gasteiger charge is -2.17. The van der Waals surface area contributed by atoms with Gasteiger partial charge in [-0.15, -0.1) is 0 Å². The van der Waals surface area contributed by atoms with Gasteiger partial charge in [-0.1, -0.05) is 0 Å². The average molecular weight is 252 g/mol. The van der Waals surface area contributed by atoms with Gasteiger partial charge in [-0.25, -0.2) is 4.39 Å². The number of non-ortho nitro benzene ring substituents is 1. The van der Waals surface area contributed by atoms with Crippen molar-refractivity contribution in [2.24, 2.45) is 0 Å². The molecule has 5 nitrogen and oxygen atoms in total. The second kappa shape index (κ2) is 4.36. The van der Waals surface area contributed by atoms with E-state index in [1.807, 2.05) is 0 Å². The number of halogens is 1. The molecule has 0 aromatic heterocycles. The van der Waals surface area contributed by atoms with E-state index in [9.17, 15) is 19.3 Å². The molecule has 0 heterocycles. The minimum absolute atomic E-state index is 0.108. The first-order chi connectivity index (χ1) is 8.41. The Morgan fingerprint density at radius 3 is 2.61 bits per heavy atom. The maximum Gasteiger partial charge on any atom is 0.270 e. The molecule has 1 aromatic rings. The van der Waals surface area contributed by atoms with Gasteiger partial charge >= 0.3 is 0 Å². The van der Waals surface area contributed by atoms with Crippen molar-refractivity contribution in [2.45, 2.75) is 25.8 Å². The van der Waals surface area contributed by atoms with Crippen molar-refractivity contribution in [1.82, 2.24) is 4.90 Å². The Balaban J connectivity index is 2.42. The highest BCUT2D eigenvalue weighted by Gasteiger charge is 2.32. The summed E-state index contributed by atoms with van der Waals surface area (Å²) in [4.78, 5) is 23.6. The first-order valence-electron chi connectivity index (χ1n) is 5.63. The van der Waals surface area contributed by atoms with Crippen LogP contribution in [0, 0.1) is 22.9 Å². The van der Waals surface area contributed by atoms with Crippen LogP contribution < -0.4 is 0 Å². The zero-order valence-corrected chi connectivity index (χ0v) is 10.1. The van der Waals surface area contributed by atoms with Gasteiger partial charge in [-0.05, 0) is 25.3 Å². The molecule has 2 rings (SSSR count). The predicted octanol–water partition coefficient (Wildman–Crippen LogP) is 2.28. The largest absolute Gasteiger partial charge is 0.339 e. The number of amides is 1. The van der Waals surface area contributed by atoms with Gasteiger partial charge in [0, 0.05) is 25.2 Å². The van der Waals surface area contributed by atoms with Gasteiger partial charge in [-0.3, -0.25) is 14.9 Å². The van der Waals surface area contributed by atoms with Crippen LogP contribution in [0.4, 0.5) is 10.1 Å². The van der Waals surface area contributed by atoms with E-state index in [-0.39, 0.29) is 22.9 Å². The molecule has 0 aliphatic heterocycles. The fourth-order valence-electron chi connectivity index (χ4n) is 1.83. The van der Waals surface area contributed by atoms with Crippen LogP contribution in [0.5, 0.6) is 0 Å². The van der Waals surface area contributed by atoms with Crippen molar-refractivity contribution in [3.8, 4) is 0 Å². The Kier molecular flexibility index (Phi) is 3.02. The number of nitro benzene ring substituents is 1. The Morgan fingerprint density at radius 2 is 2.11 bits per heavy atom. The number of rotatable bonds is 3. The number of carbonyl (C=O) groups excluding carboxylic acids is 1. The lowest BCUT2D eigenvalue weighted by atomic mass is 10.1. The van der Waals surface area contributed by atoms with Crippen molar-refractivity contribution in [3.63, 3.8) is 0 Å². The standard InChI is InChI=1S/C12H13FN2O3/c1-7-5-9(15(17)18)6-10(11(7)13)12(16)14(2)8-3-4-8/h5-6,8H,3-4H2,1-2H3. The first kappa shape index (κ1) is 12.5. The normalized spacial score (nSPS) is 14.4. The van der Waals surface area contributed by atoms with Crippen LogP contribution in [-0.4, -0.2) is 28.8 Å². The lowest BCUT2D eigenvalue weighted by molar-refractivity contribution is -0.385. The molecule has 0 bridgehead atoms. The maximum atomic E-state index is 13.9. The van der Waals surface area contributed by atoms with E-state index in [4.69, 9.17) is 0 Å². The number of nitro groups is 1. The van der Waals surface area contributed by atoms with Crippen LogP contribution in [0.25, 0.3) is 0 Å². The Bertz CT molecular complexity index is 526. The Labute approximate surface area is 103 Å². The minimum Gasteiger partial charge on any atom is -0.339 e. The molecular formula is C12H13FN2O3. The topological polar surface area (TPSA) is 63.5 Å². The van der Waals surface area contributed by atoms with E-state index in [2.05, 4.69) is 0 Å². The minimum atomic E-state index is -0.682. The van der Waals surface area contributed by atoms with Crippen LogP contribution in [0.1, 0.15) is 28.8 Å². The third kappa shape index (κ3) is 2.18. The van der Waals surface area contributed by atoms with Gasteiger partial charge in [0.05, 0.1) is 10.5 Å². The monoisotopic (exact) mass is 252 g/mol. The first-order valence-corrected chi connectivity index (χ1v) is 5.63. The number of hydrogen-bond acceptors (Lipinski definition) is 3. The second-order valence-corrected chi connectivity index (χ2v) is 4.53. The number of hydrogen-bond donors (Lipinski definition) is 0. The molecular weight excluding hydrogens is 239 g/mol. The van der Waals surface area contributed by atoms with Gasteiger partial charge in [0.15, 0.2) is 0 Å². The van der Waals surface area contributed by atoms with Gasteiger partial charge in [0.1, 0.15) is 5.82 Å². The van der Waals surface area contributed by atoms with Crippen molar-refractivity contribution >= 4 is 11.6 Å². The average Bonchev–Trinajstić information content (AvgIpc) is 3.14. The molecule has 1 amide bonds. The van der Waals surface area contributed by atoms with E-state index >= 15 is 0 Å². The summed E-state index contributed by atoms with van der Waals surface area (Å²) in [5, 5.41) is 10.7. The fourth-order valence-corrected chi connectivity index (χ4v) is 1.83. The summed E-state index contributed by atoms with van der Waals surface area (Å²) in [7, 11) is 1.59. The SMILES string of the molecule is Cc1cc([N+](=O)[O-])cc(C(=O)N(C)C2CC2)c1F. The molecule has 1 saturated carbocycles. The van der Waals surface area contributed by atoms with E-state index in [1.165, 1.54) is 11.8 Å². The molecule has 96 valence electrons. The molecule has 1 aliphatic rings. The van der Waals surface area contributed by atoms with E-state index in [0.717, 1.165) is 25.0 Å². The quantitative estimate of drug-likeness (QED) is 0.612. The summed E-state index contributed by atoms with van der Waals surface area (Å²) in [5.74, 6) is -1.18. The van der Waals surface area contributed by atoms with Gasteiger partial charge in [0.2, 0.25) is 0 Å². The summed E-state index contributed by atoms with van der Waals surface area (Å²) in [6.07, 6.45) is 1.80. The highest BCUT2D eigenvalue weighted by atomic mass is 19.1. The van der Waals surface area contributed by atoms with Crippen molar-refractivity contribution in [3.05, 3.63) is 39.2 Å².